The quantitative estimate of drug-likeness (QED) is 0.668. The molecule has 2 N–H and O–H groups in total. The number of aromatic nitrogens is 2. The normalized spacial score (nSPS) is 17.4. The highest BCUT2D eigenvalue weighted by atomic mass is 16.5. The molecule has 7 nitrogen and oxygen atoms in total. The van der Waals surface area contributed by atoms with Crippen molar-refractivity contribution in [3.63, 3.8) is 0 Å². The zero-order valence-corrected chi connectivity index (χ0v) is 17.1. The van der Waals surface area contributed by atoms with Gasteiger partial charge in [0.15, 0.2) is 0 Å². The van der Waals surface area contributed by atoms with Crippen molar-refractivity contribution in [3.05, 3.63) is 29.6 Å². The molecule has 156 valence electrons. The second-order valence-electron chi connectivity index (χ2n) is 8.15. The molecule has 2 aliphatic rings. The van der Waals surface area contributed by atoms with Crippen LogP contribution in [-0.4, -0.2) is 48.2 Å². The average molecular weight is 399 g/mol. The third kappa shape index (κ3) is 4.78. The number of amides is 1. The van der Waals surface area contributed by atoms with Gasteiger partial charge in [-0.15, -0.1) is 0 Å². The van der Waals surface area contributed by atoms with Gasteiger partial charge < -0.3 is 19.9 Å². The van der Waals surface area contributed by atoms with Crippen molar-refractivity contribution in [2.75, 3.05) is 26.7 Å². The maximum Gasteiger partial charge on any atom is 0.307 e. The molecule has 1 aromatic heterocycles. The van der Waals surface area contributed by atoms with Crippen molar-refractivity contribution in [2.24, 2.45) is 5.92 Å². The lowest BCUT2D eigenvalue weighted by atomic mass is 9.93. The molecule has 1 aliphatic carbocycles. The van der Waals surface area contributed by atoms with Gasteiger partial charge >= 0.3 is 5.97 Å². The van der Waals surface area contributed by atoms with Gasteiger partial charge in [-0.1, -0.05) is 0 Å². The smallest absolute Gasteiger partial charge is 0.307 e. The van der Waals surface area contributed by atoms with E-state index in [-0.39, 0.29) is 24.8 Å². The van der Waals surface area contributed by atoms with Gasteiger partial charge in [0.2, 0.25) is 0 Å². The molecule has 0 atom stereocenters. The number of imidazole rings is 1. The molecule has 2 fully saturated rings. The Morgan fingerprint density at radius 2 is 2.03 bits per heavy atom. The lowest BCUT2D eigenvalue weighted by molar-refractivity contribution is -0.140. The summed E-state index contributed by atoms with van der Waals surface area (Å²) in [5, 5.41) is 6.20. The number of fused-ring (bicyclic) bond motifs is 1. The van der Waals surface area contributed by atoms with E-state index in [0.717, 1.165) is 42.3 Å². The summed E-state index contributed by atoms with van der Waals surface area (Å²) in [5.74, 6) is 1.42. The van der Waals surface area contributed by atoms with Gasteiger partial charge in [0, 0.05) is 24.6 Å². The molecule has 29 heavy (non-hydrogen) atoms. The van der Waals surface area contributed by atoms with Gasteiger partial charge in [-0.25, -0.2) is 4.98 Å². The molecule has 1 aromatic carbocycles. The molecular weight excluding hydrogens is 368 g/mol. The number of benzene rings is 1. The topological polar surface area (TPSA) is 85.2 Å². The number of carbonyl (C=O) groups is 2. The summed E-state index contributed by atoms with van der Waals surface area (Å²) in [6, 6.07) is 6.30. The largest absolute Gasteiger partial charge is 0.469 e. The minimum absolute atomic E-state index is 0.168. The van der Waals surface area contributed by atoms with Crippen LogP contribution in [0.25, 0.3) is 11.0 Å². The third-order valence-corrected chi connectivity index (χ3v) is 6.01. The Bertz CT molecular complexity index is 882. The fraction of sp³-hybridized carbons (Fsp3) is 0.591. The Balaban J connectivity index is 1.47. The molecule has 7 heteroatoms. The molecular formula is C22H30N4O3. The minimum Gasteiger partial charge on any atom is -0.469 e. The standard InChI is InChI=1S/C22H30N4O3/c1-29-21(27)10-13-24-22(28)16-3-6-19-18(14-16)25-20(26(19)17-4-5-17)7-2-15-8-11-23-12-9-15/h3,6,14-15,17,23H,2,4-5,7-13H2,1H3,(H,24,28). The number of piperidine rings is 1. The number of nitrogens with one attached hydrogen (secondary N) is 2. The van der Waals surface area contributed by atoms with Crippen molar-refractivity contribution in [2.45, 2.75) is 51.0 Å². The van der Waals surface area contributed by atoms with Crippen LogP contribution < -0.4 is 10.6 Å². The van der Waals surface area contributed by atoms with Crippen molar-refractivity contribution in [1.29, 1.82) is 0 Å². The zero-order chi connectivity index (χ0) is 20.2. The van der Waals surface area contributed by atoms with Gasteiger partial charge in [0.05, 0.1) is 24.6 Å². The Morgan fingerprint density at radius 3 is 2.76 bits per heavy atom. The van der Waals surface area contributed by atoms with Crippen LogP contribution in [0.2, 0.25) is 0 Å². The Kier molecular flexibility index (Phi) is 6.13. The Hall–Kier alpha value is -2.41. The van der Waals surface area contributed by atoms with Gasteiger partial charge in [-0.05, 0) is 69.3 Å². The molecule has 0 spiro atoms. The van der Waals surface area contributed by atoms with E-state index >= 15 is 0 Å². The number of rotatable bonds is 8. The third-order valence-electron chi connectivity index (χ3n) is 6.01. The SMILES string of the molecule is COC(=O)CCNC(=O)c1ccc2c(c1)nc(CCC1CCNCC1)n2C1CC1. The van der Waals surface area contributed by atoms with Crippen molar-refractivity contribution < 1.29 is 14.3 Å². The van der Waals surface area contributed by atoms with Crippen LogP contribution in [0, 0.1) is 5.92 Å². The summed E-state index contributed by atoms with van der Waals surface area (Å²) < 4.78 is 7.00. The first-order chi connectivity index (χ1) is 14.2. The van der Waals surface area contributed by atoms with Crippen LogP contribution in [0.15, 0.2) is 18.2 Å². The first-order valence-corrected chi connectivity index (χ1v) is 10.7. The van der Waals surface area contributed by atoms with E-state index in [4.69, 9.17) is 4.98 Å². The van der Waals surface area contributed by atoms with Crippen molar-refractivity contribution in [3.8, 4) is 0 Å². The maximum absolute atomic E-state index is 12.4. The monoisotopic (exact) mass is 398 g/mol. The number of hydrogen-bond acceptors (Lipinski definition) is 5. The second-order valence-corrected chi connectivity index (χ2v) is 8.15. The summed E-state index contributed by atoms with van der Waals surface area (Å²) in [4.78, 5) is 28.5. The highest BCUT2D eigenvalue weighted by Crippen LogP contribution is 2.39. The van der Waals surface area contributed by atoms with Crippen LogP contribution in [0.4, 0.5) is 0 Å². The number of esters is 1. The number of ether oxygens (including phenoxy) is 1. The van der Waals surface area contributed by atoms with Crippen LogP contribution in [0.1, 0.15) is 60.7 Å². The molecule has 1 saturated heterocycles. The first-order valence-electron chi connectivity index (χ1n) is 10.7. The molecule has 2 heterocycles. The highest BCUT2D eigenvalue weighted by Gasteiger charge is 2.28. The van der Waals surface area contributed by atoms with Gasteiger partial charge in [-0.2, -0.15) is 0 Å². The van der Waals surface area contributed by atoms with E-state index in [1.54, 1.807) is 0 Å². The van der Waals surface area contributed by atoms with E-state index in [2.05, 4.69) is 19.9 Å². The van der Waals surface area contributed by atoms with E-state index in [1.807, 2.05) is 18.2 Å². The lowest BCUT2D eigenvalue weighted by Gasteiger charge is -2.22. The second kappa shape index (κ2) is 8.95. The molecule has 1 aliphatic heterocycles. The summed E-state index contributed by atoms with van der Waals surface area (Å²) in [6.45, 7) is 2.51. The number of nitrogens with zero attached hydrogens (tertiary/aromatic N) is 2. The van der Waals surface area contributed by atoms with Gasteiger partial charge in [0.1, 0.15) is 5.82 Å². The Morgan fingerprint density at radius 1 is 1.24 bits per heavy atom. The van der Waals surface area contributed by atoms with Crippen LogP contribution in [-0.2, 0) is 16.0 Å². The molecule has 0 bridgehead atoms. The predicted octanol–water partition coefficient (Wildman–Crippen LogP) is 2.60. The van der Waals surface area contributed by atoms with Crippen LogP contribution in [0.5, 0.6) is 0 Å². The lowest BCUT2D eigenvalue weighted by Crippen LogP contribution is -2.28. The maximum atomic E-state index is 12.4. The predicted molar refractivity (Wildman–Crippen MR) is 111 cm³/mol. The number of methoxy groups -OCH3 is 1. The van der Waals surface area contributed by atoms with Gasteiger partial charge in [-0.3, -0.25) is 9.59 Å². The summed E-state index contributed by atoms with van der Waals surface area (Å²) in [6.07, 6.45) is 7.26. The van der Waals surface area contributed by atoms with E-state index < -0.39 is 0 Å². The molecule has 1 saturated carbocycles. The zero-order valence-electron chi connectivity index (χ0n) is 17.1. The van der Waals surface area contributed by atoms with E-state index in [0.29, 0.717) is 11.6 Å². The molecule has 1 amide bonds. The minimum atomic E-state index is -0.331. The fourth-order valence-corrected chi connectivity index (χ4v) is 4.19. The average Bonchev–Trinajstić information content (AvgIpc) is 3.52. The van der Waals surface area contributed by atoms with Crippen molar-refractivity contribution >= 4 is 22.9 Å². The van der Waals surface area contributed by atoms with Crippen LogP contribution in [0.3, 0.4) is 0 Å². The molecule has 4 rings (SSSR count). The summed E-state index contributed by atoms with van der Waals surface area (Å²) in [7, 11) is 1.34. The summed E-state index contributed by atoms with van der Waals surface area (Å²) >= 11 is 0. The number of aryl methyl sites for hydroxylation is 1. The highest BCUT2D eigenvalue weighted by molar-refractivity contribution is 5.97. The molecule has 0 unspecified atom stereocenters. The van der Waals surface area contributed by atoms with Crippen molar-refractivity contribution in [1.82, 2.24) is 20.2 Å². The number of carbonyl (C=O) groups excluding carboxylic acids is 2. The van der Waals surface area contributed by atoms with Crippen LogP contribution >= 0.6 is 0 Å². The molecule has 2 aromatic rings. The number of hydrogen-bond donors (Lipinski definition) is 2. The Labute approximate surface area is 171 Å². The fourth-order valence-electron chi connectivity index (χ4n) is 4.19. The van der Waals surface area contributed by atoms with Gasteiger partial charge in [0.25, 0.3) is 5.91 Å². The molecule has 0 radical (unpaired) electrons. The van der Waals surface area contributed by atoms with E-state index in [9.17, 15) is 9.59 Å². The van der Waals surface area contributed by atoms with E-state index in [1.165, 1.54) is 39.2 Å². The first kappa shape index (κ1) is 19.9. The summed E-state index contributed by atoms with van der Waals surface area (Å²) in [5.41, 5.74) is 2.59.